The van der Waals surface area contributed by atoms with Gasteiger partial charge in [0.05, 0.1) is 6.61 Å². The zero-order valence-electron chi connectivity index (χ0n) is 7.18. The van der Waals surface area contributed by atoms with Gasteiger partial charge in [-0.1, -0.05) is 20.8 Å². The third-order valence-electron chi connectivity index (χ3n) is 1.46. The highest BCUT2D eigenvalue weighted by Gasteiger charge is 2.19. The van der Waals surface area contributed by atoms with Crippen LogP contribution in [0.25, 0.3) is 0 Å². The zero-order chi connectivity index (χ0) is 7.49. The van der Waals surface area contributed by atoms with Gasteiger partial charge < -0.3 is 10.5 Å². The Hall–Kier alpha value is 0.210. The van der Waals surface area contributed by atoms with Crippen molar-refractivity contribution in [2.24, 2.45) is 11.1 Å². The minimum Gasteiger partial charge on any atom is -0.383 e. The van der Waals surface area contributed by atoms with Gasteiger partial charge in [0.1, 0.15) is 0 Å². The van der Waals surface area contributed by atoms with Crippen molar-refractivity contribution in [3.63, 3.8) is 0 Å². The van der Waals surface area contributed by atoms with E-state index in [9.17, 15) is 0 Å². The van der Waals surface area contributed by atoms with Gasteiger partial charge in [0.25, 0.3) is 0 Å². The van der Waals surface area contributed by atoms with Gasteiger partial charge in [-0.25, -0.2) is 0 Å². The van der Waals surface area contributed by atoms with Crippen molar-refractivity contribution >= 4 is 12.4 Å². The number of ether oxygens (including phenoxy) is 1. The minimum atomic E-state index is 0. The predicted molar refractivity (Wildman–Crippen MR) is 46.6 cm³/mol. The second-order valence-electron chi connectivity index (χ2n) is 3.43. The van der Waals surface area contributed by atoms with Crippen molar-refractivity contribution < 1.29 is 4.74 Å². The quantitative estimate of drug-likeness (QED) is 0.676. The third-order valence-corrected chi connectivity index (χ3v) is 1.46. The molecule has 1 atom stereocenters. The van der Waals surface area contributed by atoms with Crippen molar-refractivity contribution in [3.8, 4) is 0 Å². The summed E-state index contributed by atoms with van der Waals surface area (Å²) in [4.78, 5) is 0. The summed E-state index contributed by atoms with van der Waals surface area (Å²) in [5.41, 5.74) is 5.90. The fraction of sp³-hybridized carbons (Fsp3) is 1.00. The molecule has 0 heterocycles. The molecule has 0 aliphatic carbocycles. The Morgan fingerprint density at radius 1 is 1.40 bits per heavy atom. The average Bonchev–Trinajstić information content (AvgIpc) is 1.64. The van der Waals surface area contributed by atoms with E-state index < -0.39 is 0 Å². The molecule has 0 fully saturated rings. The molecule has 0 saturated carbocycles. The molecule has 2 N–H and O–H groups in total. The monoisotopic (exact) mass is 167 g/mol. The summed E-state index contributed by atoms with van der Waals surface area (Å²) in [6.45, 7) is 6.97. The van der Waals surface area contributed by atoms with Crippen LogP contribution in [0.3, 0.4) is 0 Å². The van der Waals surface area contributed by atoms with Crippen LogP contribution in [-0.4, -0.2) is 19.8 Å². The van der Waals surface area contributed by atoms with Crippen LogP contribution < -0.4 is 5.73 Å². The molecule has 0 rings (SSSR count). The van der Waals surface area contributed by atoms with E-state index in [-0.39, 0.29) is 23.9 Å². The maximum Gasteiger partial charge on any atom is 0.0618 e. The first-order chi connectivity index (χ1) is 3.98. The summed E-state index contributed by atoms with van der Waals surface area (Å²) >= 11 is 0. The highest BCUT2D eigenvalue weighted by molar-refractivity contribution is 5.85. The molecule has 0 aliphatic heterocycles. The molecule has 0 bridgehead atoms. The summed E-state index contributed by atoms with van der Waals surface area (Å²) in [5.74, 6) is 0. The van der Waals surface area contributed by atoms with Crippen LogP contribution >= 0.6 is 12.4 Å². The van der Waals surface area contributed by atoms with Crippen LogP contribution in [0, 0.1) is 5.41 Å². The summed E-state index contributed by atoms with van der Waals surface area (Å²) in [6.07, 6.45) is 0. The van der Waals surface area contributed by atoms with Gasteiger partial charge in [-0.3, -0.25) is 0 Å². The van der Waals surface area contributed by atoms with E-state index >= 15 is 0 Å². The molecule has 0 aromatic heterocycles. The number of hydrogen-bond acceptors (Lipinski definition) is 2. The lowest BCUT2D eigenvalue weighted by Crippen LogP contribution is -2.38. The minimum absolute atomic E-state index is 0. The second-order valence-corrected chi connectivity index (χ2v) is 3.43. The molecule has 0 aliphatic rings. The van der Waals surface area contributed by atoms with E-state index in [1.807, 2.05) is 0 Å². The van der Waals surface area contributed by atoms with Gasteiger partial charge in [0.2, 0.25) is 0 Å². The van der Waals surface area contributed by atoms with Crippen LogP contribution in [0.5, 0.6) is 0 Å². The molecular weight excluding hydrogens is 150 g/mol. The zero-order valence-corrected chi connectivity index (χ0v) is 7.99. The van der Waals surface area contributed by atoms with Gasteiger partial charge in [-0.2, -0.15) is 0 Å². The van der Waals surface area contributed by atoms with Crippen molar-refractivity contribution in [1.82, 2.24) is 0 Å². The predicted octanol–water partition coefficient (Wildman–Crippen LogP) is 1.43. The van der Waals surface area contributed by atoms with E-state index in [0.29, 0.717) is 6.61 Å². The Morgan fingerprint density at radius 3 is 1.90 bits per heavy atom. The summed E-state index contributed by atoms with van der Waals surface area (Å²) in [7, 11) is 1.67. The number of nitrogens with two attached hydrogens (primary N) is 1. The molecule has 0 unspecified atom stereocenters. The topological polar surface area (TPSA) is 35.2 Å². The first kappa shape index (κ1) is 12.8. The Labute approximate surface area is 69.5 Å². The largest absolute Gasteiger partial charge is 0.383 e. The van der Waals surface area contributed by atoms with Crippen molar-refractivity contribution in [1.29, 1.82) is 0 Å². The lowest BCUT2D eigenvalue weighted by molar-refractivity contribution is 0.135. The molecule has 10 heavy (non-hydrogen) atoms. The van der Waals surface area contributed by atoms with Crippen molar-refractivity contribution in [2.75, 3.05) is 13.7 Å². The van der Waals surface area contributed by atoms with E-state index in [0.717, 1.165) is 0 Å². The highest BCUT2D eigenvalue weighted by Crippen LogP contribution is 2.16. The Bertz CT molecular complexity index is 80.2. The van der Waals surface area contributed by atoms with Gasteiger partial charge in [-0.15, -0.1) is 12.4 Å². The SMILES string of the molecule is COC[C@H](N)C(C)(C)C.Cl. The average molecular weight is 168 g/mol. The molecule has 2 nitrogen and oxygen atoms in total. The summed E-state index contributed by atoms with van der Waals surface area (Å²) in [5, 5.41) is 0. The van der Waals surface area contributed by atoms with E-state index in [1.54, 1.807) is 7.11 Å². The van der Waals surface area contributed by atoms with Crippen molar-refractivity contribution in [3.05, 3.63) is 0 Å². The Balaban J connectivity index is 0. The number of methoxy groups -OCH3 is 1. The number of rotatable bonds is 2. The van der Waals surface area contributed by atoms with E-state index in [1.165, 1.54) is 0 Å². The van der Waals surface area contributed by atoms with Crippen molar-refractivity contribution in [2.45, 2.75) is 26.8 Å². The fourth-order valence-electron chi connectivity index (χ4n) is 0.430. The third kappa shape index (κ3) is 5.03. The molecular formula is C7H18ClNO. The van der Waals surface area contributed by atoms with E-state index in [2.05, 4.69) is 20.8 Å². The standard InChI is InChI=1S/C7H17NO.ClH/c1-7(2,3)6(8)5-9-4;/h6H,5,8H2,1-4H3;1H/t6-;/m0./s1. The second kappa shape index (κ2) is 4.94. The molecule has 64 valence electrons. The normalized spacial score (nSPS) is 14.1. The molecule has 0 spiro atoms. The van der Waals surface area contributed by atoms with E-state index in [4.69, 9.17) is 10.5 Å². The first-order valence-electron chi connectivity index (χ1n) is 3.23. The van der Waals surface area contributed by atoms with Crippen LogP contribution in [0.1, 0.15) is 20.8 Å². The maximum absolute atomic E-state index is 5.74. The number of halogens is 1. The Morgan fingerprint density at radius 2 is 1.80 bits per heavy atom. The molecule has 0 radical (unpaired) electrons. The maximum atomic E-state index is 5.74. The van der Waals surface area contributed by atoms with Gasteiger partial charge in [0.15, 0.2) is 0 Å². The molecule has 0 amide bonds. The highest BCUT2D eigenvalue weighted by atomic mass is 35.5. The van der Waals surface area contributed by atoms with Gasteiger partial charge in [0, 0.05) is 13.2 Å². The lowest BCUT2D eigenvalue weighted by Gasteiger charge is -2.25. The van der Waals surface area contributed by atoms with Crippen LogP contribution in [0.2, 0.25) is 0 Å². The molecule has 0 aromatic carbocycles. The van der Waals surface area contributed by atoms with Gasteiger partial charge in [-0.05, 0) is 5.41 Å². The first-order valence-corrected chi connectivity index (χ1v) is 3.23. The number of hydrogen-bond donors (Lipinski definition) is 1. The summed E-state index contributed by atoms with van der Waals surface area (Å²) in [6, 6.07) is 0.141. The molecule has 0 aromatic rings. The summed E-state index contributed by atoms with van der Waals surface area (Å²) < 4.78 is 4.91. The van der Waals surface area contributed by atoms with Crippen LogP contribution in [0.4, 0.5) is 0 Å². The Kier molecular flexibility index (Phi) is 6.35. The van der Waals surface area contributed by atoms with Crippen LogP contribution in [0.15, 0.2) is 0 Å². The molecule has 3 heteroatoms. The smallest absolute Gasteiger partial charge is 0.0618 e. The van der Waals surface area contributed by atoms with Crippen LogP contribution in [-0.2, 0) is 4.74 Å². The molecule has 0 saturated heterocycles. The fourth-order valence-corrected chi connectivity index (χ4v) is 0.430. The van der Waals surface area contributed by atoms with Gasteiger partial charge >= 0.3 is 0 Å². The lowest BCUT2D eigenvalue weighted by atomic mass is 9.88.